The molecule has 0 radical (unpaired) electrons. The third kappa shape index (κ3) is 9.73. The number of aromatic hydroxyl groups is 1. The molecule has 1 rings (SSSR count). The summed E-state index contributed by atoms with van der Waals surface area (Å²) in [5.74, 6) is 0.0129. The second kappa shape index (κ2) is 10.7. The molecule has 0 atom stereocenters. The van der Waals surface area contributed by atoms with E-state index in [9.17, 15) is 4.79 Å². The quantitative estimate of drug-likeness (QED) is 0.485. The molecule has 0 aromatic heterocycles. The third-order valence-electron chi connectivity index (χ3n) is 2.05. The number of phenolic OH excluding ortho intramolecular Hbond substituents is 1. The van der Waals surface area contributed by atoms with Crippen molar-refractivity contribution in [3.05, 3.63) is 35.9 Å². The summed E-state index contributed by atoms with van der Waals surface area (Å²) in [4.78, 5) is 10.1. The zero-order valence-corrected chi connectivity index (χ0v) is 11.2. The average Bonchev–Trinajstić information content (AvgIpc) is 2.36. The first-order chi connectivity index (χ1) is 8.60. The second-order valence-corrected chi connectivity index (χ2v) is 4.04. The summed E-state index contributed by atoms with van der Waals surface area (Å²) in [6.45, 7) is 2.17. The predicted octanol–water partition coefficient (Wildman–Crippen LogP) is 3.91. The minimum absolute atomic E-state index is 0.169. The molecule has 1 aromatic carbocycles. The molecule has 18 heavy (non-hydrogen) atoms. The topological polar surface area (TPSA) is 57.5 Å². The van der Waals surface area contributed by atoms with Gasteiger partial charge >= 0.3 is 5.97 Å². The lowest BCUT2D eigenvalue weighted by atomic mass is 10.2. The van der Waals surface area contributed by atoms with E-state index in [4.69, 9.17) is 21.8 Å². The normalized spacial score (nSPS) is 9.89. The highest BCUT2D eigenvalue weighted by Crippen LogP contribution is 2.10. The number of aliphatic carboxylic acids is 1. The Labute approximate surface area is 113 Å². The molecule has 0 amide bonds. The summed E-state index contributed by atoms with van der Waals surface area (Å²) in [5.41, 5.74) is 0.746. The van der Waals surface area contributed by atoms with Crippen molar-refractivity contribution in [2.24, 2.45) is 0 Å². The maximum atomic E-state index is 10.1. The molecular weight excluding hydrogens is 252 g/mol. The van der Waals surface area contributed by atoms with Gasteiger partial charge in [0.05, 0.1) is 0 Å². The van der Waals surface area contributed by atoms with Crippen LogP contribution in [0.15, 0.2) is 30.3 Å². The lowest BCUT2D eigenvalue weighted by molar-refractivity contribution is -0.131. The summed E-state index contributed by atoms with van der Waals surface area (Å²) in [7, 11) is 0. The van der Waals surface area contributed by atoms with E-state index in [0.29, 0.717) is 0 Å². The largest absolute Gasteiger partial charge is 0.508 e. The zero-order chi connectivity index (χ0) is 13.8. The summed E-state index contributed by atoms with van der Waals surface area (Å²) < 4.78 is 0. The van der Waals surface area contributed by atoms with Crippen molar-refractivity contribution in [3.8, 4) is 5.75 Å². The van der Waals surface area contributed by atoms with Crippen molar-refractivity contribution in [1.29, 1.82) is 0 Å². The number of alkyl halides is 1. The molecule has 4 heteroatoms. The Morgan fingerprint density at radius 2 is 1.89 bits per heavy atom. The first kappa shape index (κ1) is 16.5. The maximum Gasteiger partial charge on any atom is 0.328 e. The Morgan fingerprint density at radius 1 is 1.28 bits per heavy atom. The monoisotopic (exact) mass is 270 g/mol. The summed E-state index contributed by atoms with van der Waals surface area (Å²) in [6.07, 6.45) is 6.24. The molecular formula is C14H19ClO3. The van der Waals surface area contributed by atoms with E-state index in [2.05, 4.69) is 6.92 Å². The second-order valence-electron chi connectivity index (χ2n) is 3.66. The van der Waals surface area contributed by atoms with Gasteiger partial charge in [0.2, 0.25) is 0 Å². The number of halogens is 1. The minimum atomic E-state index is -0.983. The molecule has 0 aliphatic heterocycles. The van der Waals surface area contributed by atoms with Crippen LogP contribution in [0.25, 0.3) is 6.08 Å². The Bertz CT molecular complexity index is 354. The third-order valence-corrected chi connectivity index (χ3v) is 2.32. The molecule has 0 unspecified atom stereocenters. The molecule has 3 nitrogen and oxygen atoms in total. The molecule has 100 valence electrons. The van der Waals surface area contributed by atoms with Crippen molar-refractivity contribution < 1.29 is 15.0 Å². The van der Waals surface area contributed by atoms with Crippen LogP contribution >= 0.6 is 11.6 Å². The van der Waals surface area contributed by atoms with Gasteiger partial charge in [-0.1, -0.05) is 31.9 Å². The first-order valence-corrected chi connectivity index (χ1v) is 6.39. The number of phenols is 1. The number of hydrogen-bond donors (Lipinski definition) is 2. The van der Waals surface area contributed by atoms with Crippen LogP contribution in [0.5, 0.6) is 5.75 Å². The van der Waals surface area contributed by atoms with Gasteiger partial charge in [0.25, 0.3) is 0 Å². The van der Waals surface area contributed by atoms with Crippen molar-refractivity contribution in [2.45, 2.75) is 26.2 Å². The SMILES string of the molecule is CCCCCCl.O=C(O)C=Cc1ccc(O)cc1. The first-order valence-electron chi connectivity index (χ1n) is 5.86. The highest BCUT2D eigenvalue weighted by atomic mass is 35.5. The van der Waals surface area contributed by atoms with Crippen molar-refractivity contribution in [3.63, 3.8) is 0 Å². The molecule has 0 heterocycles. The van der Waals surface area contributed by atoms with Crippen molar-refractivity contribution in [2.75, 3.05) is 5.88 Å². The Morgan fingerprint density at radius 3 is 2.28 bits per heavy atom. The van der Waals surface area contributed by atoms with Gasteiger partial charge in [-0.05, 0) is 30.2 Å². The van der Waals surface area contributed by atoms with E-state index in [-0.39, 0.29) is 5.75 Å². The van der Waals surface area contributed by atoms with Crippen LogP contribution in [-0.2, 0) is 4.79 Å². The standard InChI is InChI=1S/C9H8O3.C5H11Cl/c10-8-4-1-7(2-5-8)3-6-9(11)12;1-2-3-4-5-6/h1-6,10H,(H,11,12);2-5H2,1H3. The molecule has 2 N–H and O–H groups in total. The number of carboxylic acids is 1. The van der Waals surface area contributed by atoms with Crippen LogP contribution in [0.3, 0.4) is 0 Å². The Hall–Kier alpha value is -1.48. The lowest BCUT2D eigenvalue weighted by Crippen LogP contribution is -1.85. The van der Waals surface area contributed by atoms with E-state index in [1.807, 2.05) is 0 Å². The van der Waals surface area contributed by atoms with Crippen LogP contribution in [0.2, 0.25) is 0 Å². The number of benzene rings is 1. The number of rotatable bonds is 5. The fourth-order valence-corrected chi connectivity index (χ4v) is 1.29. The van der Waals surface area contributed by atoms with Gasteiger partial charge < -0.3 is 10.2 Å². The molecule has 0 spiro atoms. The molecule has 0 fully saturated rings. The molecule has 0 saturated carbocycles. The summed E-state index contributed by atoms with van der Waals surface area (Å²) in [6, 6.07) is 6.27. The van der Waals surface area contributed by atoms with Crippen LogP contribution in [0.4, 0.5) is 0 Å². The lowest BCUT2D eigenvalue weighted by Gasteiger charge is -1.92. The maximum absolute atomic E-state index is 10.1. The Kier molecular flexibility index (Phi) is 9.78. The van der Waals surface area contributed by atoms with Gasteiger partial charge in [-0.2, -0.15) is 0 Å². The molecule has 0 aliphatic carbocycles. The minimum Gasteiger partial charge on any atom is -0.508 e. The van der Waals surface area contributed by atoms with Gasteiger partial charge in [0, 0.05) is 12.0 Å². The summed E-state index contributed by atoms with van der Waals surface area (Å²) in [5, 5.41) is 17.2. The van der Waals surface area contributed by atoms with E-state index in [0.717, 1.165) is 17.5 Å². The van der Waals surface area contributed by atoms with Gasteiger partial charge in [0.15, 0.2) is 0 Å². The molecule has 1 aromatic rings. The average molecular weight is 271 g/mol. The highest BCUT2D eigenvalue weighted by molar-refractivity contribution is 6.17. The van der Waals surface area contributed by atoms with E-state index in [1.54, 1.807) is 12.1 Å². The zero-order valence-electron chi connectivity index (χ0n) is 10.5. The Balaban J connectivity index is 0.000000411. The highest BCUT2D eigenvalue weighted by Gasteiger charge is 1.89. The number of carbonyl (C=O) groups is 1. The van der Waals surface area contributed by atoms with Crippen LogP contribution < -0.4 is 0 Å². The summed E-state index contributed by atoms with van der Waals surface area (Å²) >= 11 is 5.38. The van der Waals surface area contributed by atoms with E-state index < -0.39 is 5.97 Å². The van der Waals surface area contributed by atoms with Crippen molar-refractivity contribution >= 4 is 23.6 Å². The van der Waals surface area contributed by atoms with Crippen LogP contribution in [0, 0.1) is 0 Å². The molecule has 0 saturated heterocycles. The van der Waals surface area contributed by atoms with Gasteiger partial charge in [-0.15, -0.1) is 11.6 Å². The fourth-order valence-electron chi connectivity index (χ4n) is 1.10. The number of unbranched alkanes of at least 4 members (excludes halogenated alkanes) is 2. The van der Waals surface area contributed by atoms with Gasteiger partial charge in [-0.3, -0.25) is 0 Å². The van der Waals surface area contributed by atoms with Crippen LogP contribution in [-0.4, -0.2) is 22.1 Å². The predicted molar refractivity (Wildman–Crippen MR) is 75.0 cm³/mol. The van der Waals surface area contributed by atoms with Gasteiger partial charge in [-0.25, -0.2) is 4.79 Å². The molecule has 0 aliphatic rings. The van der Waals surface area contributed by atoms with E-state index in [1.165, 1.54) is 37.5 Å². The number of hydrogen-bond acceptors (Lipinski definition) is 2. The van der Waals surface area contributed by atoms with Crippen LogP contribution in [0.1, 0.15) is 31.7 Å². The number of carboxylic acid groups (broad SMARTS) is 1. The van der Waals surface area contributed by atoms with Crippen molar-refractivity contribution in [1.82, 2.24) is 0 Å². The molecule has 0 bridgehead atoms. The smallest absolute Gasteiger partial charge is 0.328 e. The fraction of sp³-hybridized carbons (Fsp3) is 0.357. The van der Waals surface area contributed by atoms with Gasteiger partial charge in [0.1, 0.15) is 5.75 Å². The van der Waals surface area contributed by atoms with E-state index >= 15 is 0 Å².